The first-order valence-corrected chi connectivity index (χ1v) is 5.30. The monoisotopic (exact) mass is 210 g/mol. The lowest BCUT2D eigenvalue weighted by Crippen LogP contribution is -2.36. The minimum Gasteiger partial charge on any atom is -0.459 e. The van der Waals surface area contributed by atoms with Crippen LogP contribution in [0.25, 0.3) is 0 Å². The second-order valence-corrected chi connectivity index (χ2v) is 3.96. The second kappa shape index (κ2) is 4.47. The van der Waals surface area contributed by atoms with Crippen LogP contribution in [0.15, 0.2) is 11.6 Å². The molecular weight excluding hydrogens is 196 g/mol. The van der Waals surface area contributed by atoms with Gasteiger partial charge in [0.2, 0.25) is 0 Å². The molecule has 0 aromatic carbocycles. The molecule has 2 aliphatic rings. The summed E-state index contributed by atoms with van der Waals surface area (Å²) in [6, 6.07) is 0. The number of esters is 2. The van der Waals surface area contributed by atoms with Crippen LogP contribution in [0.1, 0.15) is 32.1 Å². The van der Waals surface area contributed by atoms with Gasteiger partial charge in [-0.05, 0) is 25.7 Å². The highest BCUT2D eigenvalue weighted by Crippen LogP contribution is 2.23. The predicted molar refractivity (Wildman–Crippen MR) is 52.0 cm³/mol. The molecule has 0 radical (unpaired) electrons. The Kier molecular flexibility index (Phi) is 3.04. The Labute approximate surface area is 88.2 Å². The first kappa shape index (κ1) is 10.2. The van der Waals surface area contributed by atoms with E-state index < -0.39 is 0 Å². The molecule has 0 bridgehead atoms. The Hall–Kier alpha value is -1.32. The molecule has 1 aliphatic heterocycles. The Balaban J connectivity index is 1.68. The molecule has 0 spiro atoms. The topological polar surface area (TPSA) is 52.6 Å². The fraction of sp³-hybridized carbons (Fsp3) is 0.636. The average Bonchev–Trinajstić information content (AvgIpc) is 2.63. The standard InChI is InChI=1S/C11H14O4/c12-10(5-8-3-1-2-4-8)14-7-9-6-11(13)15-9/h5,9H,1-4,6-7H2. The van der Waals surface area contributed by atoms with Gasteiger partial charge in [-0.2, -0.15) is 0 Å². The van der Waals surface area contributed by atoms with Crippen LogP contribution < -0.4 is 0 Å². The highest BCUT2D eigenvalue weighted by atomic mass is 16.6. The molecule has 1 unspecified atom stereocenters. The van der Waals surface area contributed by atoms with Crippen LogP contribution in [-0.2, 0) is 19.1 Å². The van der Waals surface area contributed by atoms with Crippen molar-refractivity contribution in [2.75, 3.05) is 6.61 Å². The van der Waals surface area contributed by atoms with Crippen molar-refractivity contribution in [3.8, 4) is 0 Å². The van der Waals surface area contributed by atoms with E-state index in [2.05, 4.69) is 0 Å². The van der Waals surface area contributed by atoms with Crippen LogP contribution >= 0.6 is 0 Å². The molecule has 1 heterocycles. The summed E-state index contributed by atoms with van der Waals surface area (Å²) < 4.78 is 9.69. The molecule has 2 fully saturated rings. The first-order valence-electron chi connectivity index (χ1n) is 5.30. The summed E-state index contributed by atoms with van der Waals surface area (Å²) in [5.41, 5.74) is 1.17. The minimum absolute atomic E-state index is 0.189. The number of cyclic esters (lactones) is 1. The van der Waals surface area contributed by atoms with Crippen LogP contribution in [-0.4, -0.2) is 24.6 Å². The Bertz CT molecular complexity index is 290. The maximum absolute atomic E-state index is 11.3. The molecule has 4 nitrogen and oxygen atoms in total. The van der Waals surface area contributed by atoms with Gasteiger partial charge < -0.3 is 9.47 Å². The number of carbonyl (C=O) groups excluding carboxylic acids is 2. The molecule has 0 aromatic heterocycles. The van der Waals surface area contributed by atoms with Crippen LogP contribution in [0.5, 0.6) is 0 Å². The number of carbonyl (C=O) groups is 2. The third-order valence-electron chi connectivity index (χ3n) is 2.67. The fourth-order valence-electron chi connectivity index (χ4n) is 1.81. The smallest absolute Gasteiger partial charge is 0.330 e. The summed E-state index contributed by atoms with van der Waals surface area (Å²) in [5.74, 6) is -0.528. The SMILES string of the molecule is O=C(C=C1CCCC1)OCC1CC(=O)O1. The number of rotatable bonds is 3. The molecule has 1 aliphatic carbocycles. The molecule has 82 valence electrons. The quantitative estimate of drug-likeness (QED) is 0.521. The highest BCUT2D eigenvalue weighted by Gasteiger charge is 2.29. The molecule has 0 amide bonds. The zero-order chi connectivity index (χ0) is 10.7. The molecule has 0 N–H and O–H groups in total. The van der Waals surface area contributed by atoms with Gasteiger partial charge in [-0.1, -0.05) is 5.57 Å². The number of hydrogen-bond donors (Lipinski definition) is 0. The average molecular weight is 210 g/mol. The molecule has 1 atom stereocenters. The summed E-state index contributed by atoms with van der Waals surface area (Å²) in [5, 5.41) is 0. The Morgan fingerprint density at radius 1 is 1.47 bits per heavy atom. The van der Waals surface area contributed by atoms with Gasteiger partial charge in [-0.3, -0.25) is 4.79 Å². The van der Waals surface area contributed by atoms with E-state index in [1.807, 2.05) is 0 Å². The number of allylic oxidation sites excluding steroid dienone is 1. The van der Waals surface area contributed by atoms with E-state index in [-0.39, 0.29) is 24.6 Å². The van der Waals surface area contributed by atoms with Crippen LogP contribution in [0.2, 0.25) is 0 Å². The van der Waals surface area contributed by atoms with Crippen molar-refractivity contribution in [2.45, 2.75) is 38.2 Å². The highest BCUT2D eigenvalue weighted by molar-refractivity contribution is 5.83. The van der Waals surface area contributed by atoms with Crippen molar-refractivity contribution >= 4 is 11.9 Å². The summed E-state index contributed by atoms with van der Waals surface area (Å²) in [7, 11) is 0. The minimum atomic E-state index is -0.310. The molecule has 2 rings (SSSR count). The third kappa shape index (κ3) is 2.81. The van der Waals surface area contributed by atoms with Crippen molar-refractivity contribution in [3.05, 3.63) is 11.6 Å². The van der Waals surface area contributed by atoms with Crippen molar-refractivity contribution < 1.29 is 19.1 Å². The summed E-state index contributed by atoms with van der Waals surface area (Å²) in [4.78, 5) is 21.7. The van der Waals surface area contributed by atoms with Gasteiger partial charge in [0.05, 0.1) is 6.42 Å². The van der Waals surface area contributed by atoms with E-state index in [1.54, 1.807) is 6.08 Å². The molecule has 1 saturated heterocycles. The van der Waals surface area contributed by atoms with E-state index in [4.69, 9.17) is 9.47 Å². The van der Waals surface area contributed by atoms with Crippen LogP contribution in [0, 0.1) is 0 Å². The van der Waals surface area contributed by atoms with Crippen molar-refractivity contribution in [1.82, 2.24) is 0 Å². The summed E-state index contributed by atoms with van der Waals surface area (Å²) in [6.45, 7) is 0.189. The zero-order valence-electron chi connectivity index (χ0n) is 8.53. The second-order valence-electron chi connectivity index (χ2n) is 3.96. The summed E-state index contributed by atoms with van der Waals surface area (Å²) >= 11 is 0. The predicted octanol–water partition coefficient (Wildman–Crippen LogP) is 1.35. The lowest BCUT2D eigenvalue weighted by molar-refractivity contribution is -0.177. The third-order valence-corrected chi connectivity index (χ3v) is 2.67. The van der Waals surface area contributed by atoms with E-state index in [0.717, 1.165) is 12.8 Å². The Morgan fingerprint density at radius 2 is 2.13 bits per heavy atom. The van der Waals surface area contributed by atoms with Gasteiger partial charge in [0.25, 0.3) is 0 Å². The molecule has 1 saturated carbocycles. The number of hydrogen-bond acceptors (Lipinski definition) is 4. The maximum atomic E-state index is 11.3. The van der Waals surface area contributed by atoms with Crippen molar-refractivity contribution in [3.63, 3.8) is 0 Å². The van der Waals surface area contributed by atoms with Gasteiger partial charge in [-0.15, -0.1) is 0 Å². The summed E-state index contributed by atoms with van der Waals surface area (Å²) in [6.07, 6.45) is 6.07. The lowest BCUT2D eigenvalue weighted by atomic mass is 10.2. The van der Waals surface area contributed by atoms with Gasteiger partial charge >= 0.3 is 11.9 Å². The first-order chi connectivity index (χ1) is 7.24. The van der Waals surface area contributed by atoms with Gasteiger partial charge in [0.1, 0.15) is 12.7 Å². The van der Waals surface area contributed by atoms with Gasteiger partial charge in [0.15, 0.2) is 0 Å². The van der Waals surface area contributed by atoms with E-state index in [0.29, 0.717) is 6.42 Å². The molecular formula is C11H14O4. The zero-order valence-corrected chi connectivity index (χ0v) is 8.53. The van der Waals surface area contributed by atoms with E-state index >= 15 is 0 Å². The normalized spacial score (nSPS) is 24.4. The largest absolute Gasteiger partial charge is 0.459 e. The molecule has 0 aromatic rings. The van der Waals surface area contributed by atoms with Crippen LogP contribution in [0.3, 0.4) is 0 Å². The number of ether oxygens (including phenoxy) is 2. The van der Waals surface area contributed by atoms with E-state index in [1.165, 1.54) is 18.4 Å². The van der Waals surface area contributed by atoms with Crippen LogP contribution in [0.4, 0.5) is 0 Å². The molecule has 4 heteroatoms. The fourth-order valence-corrected chi connectivity index (χ4v) is 1.81. The Morgan fingerprint density at radius 3 is 2.73 bits per heavy atom. The molecule has 15 heavy (non-hydrogen) atoms. The van der Waals surface area contributed by atoms with Gasteiger partial charge in [-0.25, -0.2) is 4.79 Å². The maximum Gasteiger partial charge on any atom is 0.330 e. The van der Waals surface area contributed by atoms with Gasteiger partial charge in [0, 0.05) is 6.08 Å². The lowest BCUT2D eigenvalue weighted by Gasteiger charge is -2.24. The van der Waals surface area contributed by atoms with E-state index in [9.17, 15) is 9.59 Å². The van der Waals surface area contributed by atoms with Crippen molar-refractivity contribution in [1.29, 1.82) is 0 Å². The van der Waals surface area contributed by atoms with Crippen molar-refractivity contribution in [2.24, 2.45) is 0 Å².